The Morgan fingerprint density at radius 2 is 2.33 bits per heavy atom. The summed E-state index contributed by atoms with van der Waals surface area (Å²) in [6, 6.07) is 5.30. The molecule has 1 fully saturated rings. The number of pyridine rings is 1. The Bertz CT molecular complexity index is 346. The van der Waals surface area contributed by atoms with Crippen LogP contribution in [0, 0.1) is 5.41 Å². The van der Waals surface area contributed by atoms with Crippen LogP contribution in [0.5, 0.6) is 0 Å². The van der Waals surface area contributed by atoms with Crippen molar-refractivity contribution >= 4 is 5.91 Å². The maximum absolute atomic E-state index is 11.6. The molecule has 2 rings (SSSR count). The van der Waals surface area contributed by atoms with E-state index in [4.69, 9.17) is 5.73 Å². The predicted molar refractivity (Wildman–Crippen MR) is 57.3 cm³/mol. The van der Waals surface area contributed by atoms with E-state index < -0.39 is 0 Å². The molecule has 0 atom stereocenters. The minimum Gasteiger partial charge on any atom is -0.350 e. The van der Waals surface area contributed by atoms with Gasteiger partial charge in [-0.2, -0.15) is 0 Å². The van der Waals surface area contributed by atoms with Crippen LogP contribution < -0.4 is 11.1 Å². The van der Waals surface area contributed by atoms with Crippen LogP contribution in [0.25, 0.3) is 0 Å². The first kappa shape index (κ1) is 10.1. The molecule has 1 amide bonds. The van der Waals surface area contributed by atoms with Crippen molar-refractivity contribution in [3.8, 4) is 0 Å². The highest BCUT2D eigenvalue weighted by atomic mass is 16.1. The van der Waals surface area contributed by atoms with E-state index in [-0.39, 0.29) is 11.3 Å². The molecular formula is C11H15N3O. The molecule has 3 N–H and O–H groups in total. The monoisotopic (exact) mass is 205 g/mol. The van der Waals surface area contributed by atoms with Gasteiger partial charge in [-0.15, -0.1) is 0 Å². The number of nitrogens with two attached hydrogens (primary N) is 1. The first-order valence-electron chi connectivity index (χ1n) is 5.15. The van der Waals surface area contributed by atoms with Crippen LogP contribution in [0.15, 0.2) is 24.4 Å². The SMILES string of the molecule is NCC1(CNC(=O)c2ccccn2)CC1. The van der Waals surface area contributed by atoms with Gasteiger partial charge in [-0.25, -0.2) is 0 Å². The van der Waals surface area contributed by atoms with Gasteiger partial charge < -0.3 is 11.1 Å². The minimum atomic E-state index is -0.115. The molecule has 0 aromatic carbocycles. The number of carbonyl (C=O) groups is 1. The normalized spacial score (nSPS) is 17.1. The summed E-state index contributed by atoms with van der Waals surface area (Å²) >= 11 is 0. The van der Waals surface area contributed by atoms with Crippen LogP contribution in [0.2, 0.25) is 0 Å². The third kappa shape index (κ3) is 2.33. The lowest BCUT2D eigenvalue weighted by atomic mass is 10.1. The molecule has 80 valence electrons. The summed E-state index contributed by atoms with van der Waals surface area (Å²) in [5.41, 5.74) is 6.26. The molecule has 15 heavy (non-hydrogen) atoms. The number of amides is 1. The highest BCUT2D eigenvalue weighted by Gasteiger charge is 2.41. The standard InChI is InChI=1S/C11H15N3O/c12-7-11(4-5-11)8-14-10(15)9-3-1-2-6-13-9/h1-3,6H,4-5,7-8,12H2,(H,14,15). The fraction of sp³-hybridized carbons (Fsp3) is 0.455. The fourth-order valence-electron chi connectivity index (χ4n) is 1.49. The molecular weight excluding hydrogens is 190 g/mol. The molecule has 1 saturated carbocycles. The summed E-state index contributed by atoms with van der Waals surface area (Å²) in [6.07, 6.45) is 3.85. The molecule has 0 radical (unpaired) electrons. The van der Waals surface area contributed by atoms with Gasteiger partial charge in [-0.3, -0.25) is 9.78 Å². The Kier molecular flexibility index (Phi) is 2.68. The van der Waals surface area contributed by atoms with E-state index in [0.717, 1.165) is 12.8 Å². The van der Waals surface area contributed by atoms with E-state index in [1.807, 2.05) is 0 Å². The van der Waals surface area contributed by atoms with Gasteiger partial charge in [-0.1, -0.05) is 6.07 Å². The van der Waals surface area contributed by atoms with E-state index >= 15 is 0 Å². The van der Waals surface area contributed by atoms with Crippen molar-refractivity contribution in [3.63, 3.8) is 0 Å². The molecule has 0 unspecified atom stereocenters. The summed E-state index contributed by atoms with van der Waals surface area (Å²) in [5.74, 6) is -0.115. The van der Waals surface area contributed by atoms with Crippen LogP contribution in [0.3, 0.4) is 0 Å². The highest BCUT2D eigenvalue weighted by Crippen LogP contribution is 2.43. The van der Waals surface area contributed by atoms with E-state index in [9.17, 15) is 4.79 Å². The van der Waals surface area contributed by atoms with E-state index in [0.29, 0.717) is 18.8 Å². The van der Waals surface area contributed by atoms with Crippen LogP contribution in [0.1, 0.15) is 23.3 Å². The van der Waals surface area contributed by atoms with Crippen LogP contribution in [-0.2, 0) is 0 Å². The average Bonchev–Trinajstić information content (AvgIpc) is 3.08. The molecule has 0 bridgehead atoms. The van der Waals surface area contributed by atoms with Crippen molar-refractivity contribution in [3.05, 3.63) is 30.1 Å². The lowest BCUT2D eigenvalue weighted by Gasteiger charge is -2.12. The smallest absolute Gasteiger partial charge is 0.269 e. The number of hydrogen-bond donors (Lipinski definition) is 2. The summed E-state index contributed by atoms with van der Waals surface area (Å²) in [6.45, 7) is 1.31. The van der Waals surface area contributed by atoms with Crippen molar-refractivity contribution in [1.29, 1.82) is 0 Å². The van der Waals surface area contributed by atoms with Crippen molar-refractivity contribution in [1.82, 2.24) is 10.3 Å². The van der Waals surface area contributed by atoms with Gasteiger partial charge in [0.1, 0.15) is 5.69 Å². The van der Waals surface area contributed by atoms with Crippen LogP contribution in [0.4, 0.5) is 0 Å². The number of nitrogens with zero attached hydrogens (tertiary/aromatic N) is 1. The molecule has 4 nitrogen and oxygen atoms in total. The largest absolute Gasteiger partial charge is 0.350 e. The molecule has 0 saturated heterocycles. The van der Waals surface area contributed by atoms with E-state index in [2.05, 4.69) is 10.3 Å². The van der Waals surface area contributed by atoms with Gasteiger partial charge in [-0.05, 0) is 31.5 Å². The van der Waals surface area contributed by atoms with Gasteiger partial charge in [0, 0.05) is 18.2 Å². The Morgan fingerprint density at radius 3 is 2.87 bits per heavy atom. The van der Waals surface area contributed by atoms with Gasteiger partial charge in [0.2, 0.25) is 0 Å². The lowest BCUT2D eigenvalue weighted by molar-refractivity contribution is 0.0940. The second-order valence-corrected chi connectivity index (χ2v) is 4.10. The zero-order chi connectivity index (χ0) is 10.7. The van der Waals surface area contributed by atoms with Crippen LogP contribution in [-0.4, -0.2) is 24.0 Å². The topological polar surface area (TPSA) is 68.0 Å². The van der Waals surface area contributed by atoms with Crippen LogP contribution >= 0.6 is 0 Å². The summed E-state index contributed by atoms with van der Waals surface area (Å²) in [4.78, 5) is 15.6. The minimum absolute atomic E-state index is 0.115. The average molecular weight is 205 g/mol. The molecule has 1 heterocycles. The van der Waals surface area contributed by atoms with Gasteiger partial charge in [0.25, 0.3) is 5.91 Å². The fourth-order valence-corrected chi connectivity index (χ4v) is 1.49. The number of aromatic nitrogens is 1. The van der Waals surface area contributed by atoms with E-state index in [1.54, 1.807) is 24.4 Å². The van der Waals surface area contributed by atoms with Crippen molar-refractivity contribution in [2.45, 2.75) is 12.8 Å². The molecule has 1 aliphatic carbocycles. The molecule has 1 aromatic rings. The Labute approximate surface area is 88.9 Å². The van der Waals surface area contributed by atoms with Crippen molar-refractivity contribution in [2.24, 2.45) is 11.1 Å². The van der Waals surface area contributed by atoms with Crippen molar-refractivity contribution < 1.29 is 4.79 Å². The molecule has 1 aromatic heterocycles. The Hall–Kier alpha value is -1.42. The molecule has 4 heteroatoms. The zero-order valence-corrected chi connectivity index (χ0v) is 8.57. The Balaban J connectivity index is 1.88. The quantitative estimate of drug-likeness (QED) is 0.754. The Morgan fingerprint density at radius 1 is 1.53 bits per heavy atom. The number of rotatable bonds is 4. The number of hydrogen-bond acceptors (Lipinski definition) is 3. The zero-order valence-electron chi connectivity index (χ0n) is 8.57. The van der Waals surface area contributed by atoms with Crippen molar-refractivity contribution in [2.75, 3.05) is 13.1 Å². The summed E-state index contributed by atoms with van der Waals surface area (Å²) in [7, 11) is 0. The molecule has 0 spiro atoms. The first-order chi connectivity index (χ1) is 7.26. The van der Waals surface area contributed by atoms with Gasteiger partial charge in [0.05, 0.1) is 0 Å². The maximum Gasteiger partial charge on any atom is 0.269 e. The first-order valence-corrected chi connectivity index (χ1v) is 5.15. The number of nitrogens with one attached hydrogen (secondary N) is 1. The predicted octanol–water partition coefficient (Wildman–Crippen LogP) is 0.550. The summed E-state index contributed by atoms with van der Waals surface area (Å²) in [5, 5.41) is 2.87. The summed E-state index contributed by atoms with van der Waals surface area (Å²) < 4.78 is 0. The highest BCUT2D eigenvalue weighted by molar-refractivity contribution is 5.92. The lowest BCUT2D eigenvalue weighted by Crippen LogP contribution is -2.34. The molecule has 1 aliphatic rings. The maximum atomic E-state index is 11.6. The second kappa shape index (κ2) is 3.98. The molecule has 0 aliphatic heterocycles. The van der Waals surface area contributed by atoms with Gasteiger partial charge >= 0.3 is 0 Å². The van der Waals surface area contributed by atoms with Gasteiger partial charge in [0.15, 0.2) is 0 Å². The third-order valence-electron chi connectivity index (χ3n) is 2.91. The third-order valence-corrected chi connectivity index (χ3v) is 2.91. The van der Waals surface area contributed by atoms with E-state index in [1.165, 1.54) is 0 Å². The number of carbonyl (C=O) groups excluding carboxylic acids is 1. The second-order valence-electron chi connectivity index (χ2n) is 4.10.